The Morgan fingerprint density at radius 1 is 1.43 bits per heavy atom. The number of ether oxygens (including phenoxy) is 1. The zero-order valence-corrected chi connectivity index (χ0v) is 15.2. The number of nitrogens with zero attached hydrogens (tertiary/aromatic N) is 1. The van der Waals surface area contributed by atoms with Gasteiger partial charge in [-0.15, -0.1) is 0 Å². The Kier molecular flexibility index (Phi) is 4.98. The van der Waals surface area contributed by atoms with E-state index < -0.39 is 17.7 Å². The highest BCUT2D eigenvalue weighted by atomic mass is 79.9. The van der Waals surface area contributed by atoms with Crippen molar-refractivity contribution >= 4 is 33.6 Å². The molecule has 5 nitrogen and oxygen atoms in total. The number of amides is 2. The summed E-state index contributed by atoms with van der Waals surface area (Å²) in [6.07, 6.45) is -1.03. The molecule has 0 aromatic heterocycles. The van der Waals surface area contributed by atoms with Gasteiger partial charge in [0.15, 0.2) is 6.10 Å². The molecule has 0 saturated carbocycles. The number of nitrogens with one attached hydrogen (secondary N) is 1. The van der Waals surface area contributed by atoms with Gasteiger partial charge in [0.1, 0.15) is 5.82 Å². The molecule has 0 aliphatic carbocycles. The standard InChI is InChI=1S/C16H20BrFN2O3/c1-16(2,3)19-15(22)23-13-6-5-10-11(18)7-9(17)8-12(10)20(4)14(13)21/h7-8,13H,5-6H2,1-4H3,(H,19,22)/t13-/m0/s1. The van der Waals surface area contributed by atoms with Crippen LogP contribution in [0.2, 0.25) is 0 Å². The fourth-order valence-corrected chi connectivity index (χ4v) is 2.86. The summed E-state index contributed by atoms with van der Waals surface area (Å²) in [6, 6.07) is 3.05. The lowest BCUT2D eigenvalue weighted by Gasteiger charge is -2.24. The number of carbonyl (C=O) groups excluding carboxylic acids is 2. The van der Waals surface area contributed by atoms with Crippen molar-refractivity contribution < 1.29 is 18.7 Å². The fourth-order valence-electron chi connectivity index (χ4n) is 2.44. The van der Waals surface area contributed by atoms with E-state index in [-0.39, 0.29) is 18.1 Å². The van der Waals surface area contributed by atoms with E-state index in [0.29, 0.717) is 22.1 Å². The molecule has 23 heavy (non-hydrogen) atoms. The number of carbonyl (C=O) groups is 2. The Morgan fingerprint density at radius 3 is 2.70 bits per heavy atom. The van der Waals surface area contributed by atoms with Gasteiger partial charge in [0.2, 0.25) is 0 Å². The predicted octanol–water partition coefficient (Wildman–Crippen LogP) is 3.39. The lowest BCUT2D eigenvalue weighted by Crippen LogP contribution is -2.45. The van der Waals surface area contributed by atoms with Crippen molar-refractivity contribution in [2.24, 2.45) is 0 Å². The van der Waals surface area contributed by atoms with Gasteiger partial charge in [-0.3, -0.25) is 4.79 Å². The molecule has 0 saturated heterocycles. The number of hydrogen-bond donors (Lipinski definition) is 1. The van der Waals surface area contributed by atoms with Crippen molar-refractivity contribution in [1.82, 2.24) is 5.32 Å². The van der Waals surface area contributed by atoms with Crippen molar-refractivity contribution in [3.8, 4) is 0 Å². The van der Waals surface area contributed by atoms with Crippen LogP contribution in [0.25, 0.3) is 0 Å². The van der Waals surface area contributed by atoms with Gasteiger partial charge in [-0.25, -0.2) is 9.18 Å². The molecule has 2 rings (SSSR count). The molecule has 0 radical (unpaired) electrons. The first-order valence-electron chi connectivity index (χ1n) is 7.33. The number of fused-ring (bicyclic) bond motifs is 1. The summed E-state index contributed by atoms with van der Waals surface area (Å²) in [5, 5.41) is 2.65. The molecular weight excluding hydrogens is 367 g/mol. The van der Waals surface area contributed by atoms with Crippen LogP contribution >= 0.6 is 15.9 Å². The second kappa shape index (κ2) is 6.47. The molecule has 126 valence electrons. The second-order valence-corrected chi connectivity index (χ2v) is 7.51. The summed E-state index contributed by atoms with van der Waals surface area (Å²) in [5.41, 5.74) is 0.479. The first-order valence-corrected chi connectivity index (χ1v) is 8.12. The van der Waals surface area contributed by atoms with Gasteiger partial charge in [0.05, 0.1) is 5.69 Å². The monoisotopic (exact) mass is 386 g/mol. The van der Waals surface area contributed by atoms with Gasteiger partial charge in [-0.2, -0.15) is 0 Å². The van der Waals surface area contributed by atoms with Crippen molar-refractivity contribution in [1.29, 1.82) is 0 Å². The Hall–Kier alpha value is -1.63. The maximum Gasteiger partial charge on any atom is 0.408 e. The van der Waals surface area contributed by atoms with E-state index in [4.69, 9.17) is 4.74 Å². The largest absolute Gasteiger partial charge is 0.436 e. The van der Waals surface area contributed by atoms with Crippen molar-refractivity contribution in [2.45, 2.75) is 45.3 Å². The SMILES string of the molecule is CN1C(=O)[C@@H](OC(=O)NC(C)(C)C)CCc2c(F)cc(Br)cc21. The van der Waals surface area contributed by atoms with Gasteiger partial charge in [-0.05, 0) is 45.7 Å². The van der Waals surface area contributed by atoms with Crippen molar-refractivity contribution in [2.75, 3.05) is 11.9 Å². The Labute approximate surface area is 143 Å². The number of likely N-dealkylation sites (N-methyl/N-ethyl adjacent to an activating group) is 1. The van der Waals surface area contributed by atoms with Gasteiger partial charge in [0.25, 0.3) is 5.91 Å². The number of halogens is 2. The zero-order chi connectivity index (χ0) is 17.4. The highest BCUT2D eigenvalue weighted by Gasteiger charge is 2.33. The molecule has 0 unspecified atom stereocenters. The first-order chi connectivity index (χ1) is 10.6. The molecule has 0 spiro atoms. The van der Waals surface area contributed by atoms with Crippen molar-refractivity contribution in [3.63, 3.8) is 0 Å². The molecule has 1 aromatic rings. The van der Waals surface area contributed by atoms with Crippen LogP contribution in [-0.2, 0) is 16.0 Å². The number of hydrogen-bond acceptors (Lipinski definition) is 3. The number of alkyl carbamates (subject to hydrolysis) is 1. The van der Waals surface area contributed by atoms with Gasteiger partial charge in [0, 0.05) is 22.6 Å². The molecule has 7 heteroatoms. The smallest absolute Gasteiger partial charge is 0.408 e. The summed E-state index contributed by atoms with van der Waals surface area (Å²) < 4.78 is 19.9. The Balaban J connectivity index is 2.21. The van der Waals surface area contributed by atoms with Crippen LogP contribution in [-0.4, -0.2) is 30.7 Å². The highest BCUT2D eigenvalue weighted by Crippen LogP contribution is 2.32. The molecule has 0 fully saturated rings. The Morgan fingerprint density at radius 2 is 2.09 bits per heavy atom. The van der Waals surface area contributed by atoms with Crippen LogP contribution in [0, 0.1) is 5.82 Å². The van der Waals surface area contributed by atoms with Crippen LogP contribution in [0.5, 0.6) is 0 Å². The van der Waals surface area contributed by atoms with Crippen LogP contribution in [0.1, 0.15) is 32.8 Å². The molecule has 1 heterocycles. The van der Waals surface area contributed by atoms with Gasteiger partial charge < -0.3 is 15.0 Å². The molecule has 0 bridgehead atoms. The third-order valence-electron chi connectivity index (χ3n) is 3.49. The maximum atomic E-state index is 14.1. The van der Waals surface area contributed by atoms with Crippen molar-refractivity contribution in [3.05, 3.63) is 28.0 Å². The van der Waals surface area contributed by atoms with Crippen LogP contribution < -0.4 is 10.2 Å². The molecule has 2 amide bonds. The van der Waals surface area contributed by atoms with E-state index in [1.807, 2.05) is 20.8 Å². The normalized spacial score (nSPS) is 18.3. The minimum Gasteiger partial charge on any atom is -0.436 e. The second-order valence-electron chi connectivity index (χ2n) is 6.59. The van der Waals surface area contributed by atoms with Crippen LogP contribution in [0.3, 0.4) is 0 Å². The quantitative estimate of drug-likeness (QED) is 0.804. The minimum atomic E-state index is -0.937. The summed E-state index contributed by atoms with van der Waals surface area (Å²) >= 11 is 3.23. The first kappa shape index (κ1) is 17.7. The van der Waals surface area contributed by atoms with E-state index in [9.17, 15) is 14.0 Å². The van der Waals surface area contributed by atoms with E-state index in [0.717, 1.165) is 0 Å². The molecule has 1 aliphatic heterocycles. The van der Waals surface area contributed by atoms with Crippen LogP contribution in [0.4, 0.5) is 14.9 Å². The van der Waals surface area contributed by atoms with Gasteiger partial charge >= 0.3 is 6.09 Å². The fraction of sp³-hybridized carbons (Fsp3) is 0.500. The molecule has 1 aliphatic rings. The average molecular weight is 387 g/mol. The molecule has 1 aromatic carbocycles. The number of benzene rings is 1. The topological polar surface area (TPSA) is 58.6 Å². The molecular formula is C16H20BrFN2O3. The lowest BCUT2D eigenvalue weighted by molar-refractivity contribution is -0.126. The molecule has 1 atom stereocenters. The molecule has 1 N–H and O–H groups in total. The van der Waals surface area contributed by atoms with E-state index in [2.05, 4.69) is 21.2 Å². The van der Waals surface area contributed by atoms with E-state index >= 15 is 0 Å². The van der Waals surface area contributed by atoms with E-state index in [1.54, 1.807) is 13.1 Å². The zero-order valence-electron chi connectivity index (χ0n) is 13.6. The Bertz CT molecular complexity index is 643. The van der Waals surface area contributed by atoms with E-state index in [1.165, 1.54) is 11.0 Å². The third-order valence-corrected chi connectivity index (χ3v) is 3.94. The number of anilines is 1. The maximum absolute atomic E-state index is 14.1. The summed E-state index contributed by atoms with van der Waals surface area (Å²) in [7, 11) is 1.55. The minimum absolute atomic E-state index is 0.242. The lowest BCUT2D eigenvalue weighted by atomic mass is 10.1. The summed E-state index contributed by atoms with van der Waals surface area (Å²) in [6.45, 7) is 5.45. The third kappa shape index (κ3) is 4.22. The van der Waals surface area contributed by atoms with Gasteiger partial charge in [-0.1, -0.05) is 15.9 Å². The highest BCUT2D eigenvalue weighted by molar-refractivity contribution is 9.10. The summed E-state index contributed by atoms with van der Waals surface area (Å²) in [5.74, 6) is -0.751. The average Bonchev–Trinajstić information content (AvgIpc) is 2.50. The summed E-state index contributed by atoms with van der Waals surface area (Å²) in [4.78, 5) is 25.8. The predicted molar refractivity (Wildman–Crippen MR) is 89.0 cm³/mol. The van der Waals surface area contributed by atoms with Crippen LogP contribution in [0.15, 0.2) is 16.6 Å². The number of rotatable bonds is 1.